The number of nitrogens with zero attached hydrogens (tertiary/aromatic N) is 2. The van der Waals surface area contributed by atoms with Crippen LogP contribution in [-0.2, 0) is 6.54 Å². The lowest BCUT2D eigenvalue weighted by molar-refractivity contribution is -0.384. The van der Waals surface area contributed by atoms with Crippen molar-refractivity contribution >= 4 is 23.1 Å². The molecule has 0 saturated carbocycles. The van der Waals surface area contributed by atoms with Crippen LogP contribution in [0.3, 0.4) is 0 Å². The maximum atomic E-state index is 10.8. The van der Waals surface area contributed by atoms with Crippen LogP contribution < -0.4 is 5.73 Å². The fraction of sp³-hybridized carbons (Fsp3) is 0.500. The lowest BCUT2D eigenvalue weighted by Gasteiger charge is -2.23. The van der Waals surface area contributed by atoms with Gasteiger partial charge in [0.1, 0.15) is 5.69 Å². The average molecular weight is 267 g/mol. The van der Waals surface area contributed by atoms with E-state index in [0.717, 1.165) is 17.9 Å². The molecule has 98 valence electrons. The first-order valence-corrected chi connectivity index (χ1v) is 7.04. The third-order valence-corrected chi connectivity index (χ3v) is 4.40. The van der Waals surface area contributed by atoms with Gasteiger partial charge in [-0.15, -0.1) is 0 Å². The van der Waals surface area contributed by atoms with Gasteiger partial charge in [0.2, 0.25) is 0 Å². The summed E-state index contributed by atoms with van der Waals surface area (Å²) in [6, 6.07) is 5.63. The highest BCUT2D eigenvalue weighted by Crippen LogP contribution is 2.25. The molecule has 18 heavy (non-hydrogen) atoms. The maximum Gasteiger partial charge on any atom is 0.292 e. The summed E-state index contributed by atoms with van der Waals surface area (Å²) in [4.78, 5) is 12.7. The van der Waals surface area contributed by atoms with Crippen molar-refractivity contribution in [3.63, 3.8) is 0 Å². The van der Waals surface area contributed by atoms with Crippen molar-refractivity contribution < 1.29 is 4.92 Å². The normalized spacial score (nSPS) is 19.3. The molecule has 0 aliphatic carbocycles. The standard InChI is InChI=1S/C12H17N3O2S/c1-14(10-4-5-18-8-10)7-9-2-3-11(13)12(6-9)15(16)17/h2-3,6,10H,4-5,7-8,13H2,1H3. The van der Waals surface area contributed by atoms with Crippen molar-refractivity contribution in [2.24, 2.45) is 0 Å². The highest BCUT2D eigenvalue weighted by molar-refractivity contribution is 7.99. The van der Waals surface area contributed by atoms with Gasteiger partial charge < -0.3 is 5.73 Å². The van der Waals surface area contributed by atoms with Crippen LogP contribution in [0.2, 0.25) is 0 Å². The number of anilines is 1. The first-order valence-electron chi connectivity index (χ1n) is 5.88. The van der Waals surface area contributed by atoms with Gasteiger partial charge in [0.15, 0.2) is 0 Å². The van der Waals surface area contributed by atoms with Gasteiger partial charge in [-0.2, -0.15) is 11.8 Å². The minimum Gasteiger partial charge on any atom is -0.393 e. The highest BCUT2D eigenvalue weighted by Gasteiger charge is 2.20. The fourth-order valence-electron chi connectivity index (χ4n) is 2.13. The Kier molecular flexibility index (Phi) is 4.08. The number of nitro groups is 1. The first kappa shape index (κ1) is 13.2. The smallest absolute Gasteiger partial charge is 0.292 e. The maximum absolute atomic E-state index is 10.8. The van der Waals surface area contributed by atoms with Crippen LogP contribution in [0.4, 0.5) is 11.4 Å². The second-order valence-electron chi connectivity index (χ2n) is 4.58. The fourth-order valence-corrected chi connectivity index (χ4v) is 3.43. The molecule has 2 rings (SSSR count). The van der Waals surface area contributed by atoms with Gasteiger partial charge in [-0.05, 0) is 30.9 Å². The predicted molar refractivity (Wildman–Crippen MR) is 74.7 cm³/mol. The molecule has 5 nitrogen and oxygen atoms in total. The second-order valence-corrected chi connectivity index (χ2v) is 5.73. The van der Waals surface area contributed by atoms with E-state index in [1.54, 1.807) is 12.1 Å². The summed E-state index contributed by atoms with van der Waals surface area (Å²) in [6.45, 7) is 0.729. The van der Waals surface area contributed by atoms with Crippen molar-refractivity contribution in [3.05, 3.63) is 33.9 Å². The van der Waals surface area contributed by atoms with Gasteiger partial charge in [-0.3, -0.25) is 15.0 Å². The molecule has 1 heterocycles. The van der Waals surface area contributed by atoms with E-state index in [0.29, 0.717) is 6.04 Å². The molecule has 0 bridgehead atoms. The largest absolute Gasteiger partial charge is 0.393 e. The van der Waals surface area contributed by atoms with Crippen molar-refractivity contribution in [2.45, 2.75) is 19.0 Å². The minimum absolute atomic E-state index is 0.00157. The molecule has 1 unspecified atom stereocenters. The number of nitrogens with two attached hydrogens (primary N) is 1. The van der Waals surface area contributed by atoms with Gasteiger partial charge >= 0.3 is 0 Å². The molecule has 1 aliphatic rings. The molecule has 1 aliphatic heterocycles. The van der Waals surface area contributed by atoms with Crippen LogP contribution in [0.1, 0.15) is 12.0 Å². The van der Waals surface area contributed by atoms with Gasteiger partial charge in [-0.25, -0.2) is 0 Å². The van der Waals surface area contributed by atoms with E-state index in [-0.39, 0.29) is 11.4 Å². The number of nitro benzene ring substituents is 1. The molecule has 1 atom stereocenters. The topological polar surface area (TPSA) is 72.4 Å². The van der Waals surface area contributed by atoms with Gasteiger partial charge in [0.25, 0.3) is 5.69 Å². The SMILES string of the molecule is CN(Cc1ccc(N)c([N+](=O)[O-])c1)C1CCSC1. The molecule has 1 fully saturated rings. The Bertz CT molecular complexity index is 447. The zero-order chi connectivity index (χ0) is 13.1. The number of hydrogen-bond donors (Lipinski definition) is 1. The van der Waals surface area contributed by atoms with Crippen LogP contribution in [0.15, 0.2) is 18.2 Å². The molecule has 0 amide bonds. The number of nitrogen functional groups attached to an aromatic ring is 1. The summed E-state index contributed by atoms with van der Waals surface area (Å²) in [5.74, 6) is 2.35. The van der Waals surface area contributed by atoms with E-state index >= 15 is 0 Å². The van der Waals surface area contributed by atoms with Crippen LogP contribution in [0.5, 0.6) is 0 Å². The lowest BCUT2D eigenvalue weighted by Crippen LogP contribution is -2.30. The molecule has 1 saturated heterocycles. The molecule has 6 heteroatoms. The van der Waals surface area contributed by atoms with E-state index in [1.165, 1.54) is 12.2 Å². The highest BCUT2D eigenvalue weighted by atomic mass is 32.2. The molecule has 1 aromatic rings. The van der Waals surface area contributed by atoms with Crippen molar-refractivity contribution in [1.29, 1.82) is 0 Å². The molecule has 1 aromatic carbocycles. The van der Waals surface area contributed by atoms with Crippen molar-refractivity contribution in [1.82, 2.24) is 4.90 Å². The quantitative estimate of drug-likeness (QED) is 0.514. The zero-order valence-electron chi connectivity index (χ0n) is 10.3. The summed E-state index contributed by atoms with van der Waals surface area (Å²) in [6.07, 6.45) is 1.19. The molecular formula is C12H17N3O2S. The van der Waals surface area contributed by atoms with Crippen molar-refractivity contribution in [2.75, 3.05) is 24.3 Å². The number of thioether (sulfide) groups is 1. The van der Waals surface area contributed by atoms with E-state index in [2.05, 4.69) is 11.9 Å². The van der Waals surface area contributed by atoms with Crippen LogP contribution in [-0.4, -0.2) is 34.4 Å². The third kappa shape index (κ3) is 2.94. The van der Waals surface area contributed by atoms with Crippen molar-refractivity contribution in [3.8, 4) is 0 Å². The Hall–Kier alpha value is -1.27. The molecule has 0 radical (unpaired) electrons. The second kappa shape index (κ2) is 5.58. The molecule has 0 aromatic heterocycles. The van der Waals surface area contributed by atoms with E-state index < -0.39 is 4.92 Å². The van der Waals surface area contributed by atoms with Gasteiger partial charge in [0.05, 0.1) is 4.92 Å². The minimum atomic E-state index is -0.426. The Balaban J connectivity index is 2.09. The molecule has 0 spiro atoms. The van der Waals surface area contributed by atoms with E-state index in [9.17, 15) is 10.1 Å². The first-order chi connectivity index (χ1) is 8.58. The monoisotopic (exact) mass is 267 g/mol. The number of benzene rings is 1. The van der Waals surface area contributed by atoms with Gasteiger partial charge in [0, 0.05) is 24.4 Å². The lowest BCUT2D eigenvalue weighted by atomic mass is 10.1. The van der Waals surface area contributed by atoms with Crippen LogP contribution in [0.25, 0.3) is 0 Å². The number of rotatable bonds is 4. The van der Waals surface area contributed by atoms with Crippen LogP contribution >= 0.6 is 11.8 Å². The summed E-state index contributed by atoms with van der Waals surface area (Å²) in [5, 5.41) is 10.8. The summed E-state index contributed by atoms with van der Waals surface area (Å²) >= 11 is 1.96. The Morgan fingerprint density at radius 1 is 1.61 bits per heavy atom. The molecule has 2 N–H and O–H groups in total. The van der Waals surface area contributed by atoms with Gasteiger partial charge in [-0.1, -0.05) is 6.07 Å². The Labute approximate surface area is 110 Å². The number of hydrogen-bond acceptors (Lipinski definition) is 5. The average Bonchev–Trinajstić information content (AvgIpc) is 2.85. The van der Waals surface area contributed by atoms with E-state index in [1.807, 2.05) is 17.8 Å². The summed E-state index contributed by atoms with van der Waals surface area (Å²) < 4.78 is 0. The Morgan fingerprint density at radius 3 is 3.00 bits per heavy atom. The summed E-state index contributed by atoms with van der Waals surface area (Å²) in [5.41, 5.74) is 6.75. The third-order valence-electron chi connectivity index (χ3n) is 3.25. The van der Waals surface area contributed by atoms with E-state index in [4.69, 9.17) is 5.73 Å². The Morgan fingerprint density at radius 2 is 2.39 bits per heavy atom. The molecular weight excluding hydrogens is 250 g/mol. The summed E-state index contributed by atoms with van der Waals surface area (Å²) in [7, 11) is 2.07. The predicted octanol–water partition coefficient (Wildman–Crippen LogP) is 2.11. The van der Waals surface area contributed by atoms with Crippen LogP contribution in [0, 0.1) is 10.1 Å². The zero-order valence-corrected chi connectivity index (χ0v) is 11.2.